The molecule has 4 nitrogen and oxygen atoms in total. The van der Waals surface area contributed by atoms with Crippen LogP contribution in [0.4, 0.5) is 5.88 Å². The van der Waals surface area contributed by atoms with E-state index in [1.165, 1.54) is 24.1 Å². The molecule has 1 fully saturated rings. The summed E-state index contributed by atoms with van der Waals surface area (Å²) < 4.78 is 5.51. The van der Waals surface area contributed by atoms with Gasteiger partial charge in [0, 0.05) is 31.7 Å². The first kappa shape index (κ1) is 9.21. The minimum absolute atomic E-state index is 1.04. The number of aryl methyl sites for hydroxylation is 1. The zero-order valence-electron chi connectivity index (χ0n) is 8.96. The third-order valence-electron chi connectivity index (χ3n) is 3.34. The maximum atomic E-state index is 5.51. The fourth-order valence-corrected chi connectivity index (χ4v) is 2.49. The van der Waals surface area contributed by atoms with Crippen molar-refractivity contribution in [3.63, 3.8) is 0 Å². The minimum atomic E-state index is 1.04. The Labute approximate surface area is 89.6 Å². The zero-order chi connectivity index (χ0) is 10.1. The zero-order valence-corrected chi connectivity index (χ0v) is 8.96. The number of anilines is 1. The molecule has 82 valence electrons. The van der Waals surface area contributed by atoms with Crippen LogP contribution >= 0.6 is 0 Å². The topological polar surface area (TPSA) is 41.3 Å². The number of hydrogen-bond acceptors (Lipinski definition) is 4. The SMILES string of the molecule is C1CCc2c(noc2N2CCNCC2)C1. The van der Waals surface area contributed by atoms with Crippen molar-refractivity contribution in [3.05, 3.63) is 11.3 Å². The third kappa shape index (κ3) is 1.63. The standard InChI is InChI=1S/C11H17N3O/c1-2-4-10-9(3-1)11(15-13-10)14-7-5-12-6-8-14/h12H,1-8H2. The second-order valence-electron chi connectivity index (χ2n) is 4.36. The van der Waals surface area contributed by atoms with Crippen LogP contribution in [0.3, 0.4) is 0 Å². The van der Waals surface area contributed by atoms with E-state index >= 15 is 0 Å². The molecule has 0 spiro atoms. The molecule has 15 heavy (non-hydrogen) atoms. The van der Waals surface area contributed by atoms with Crippen molar-refractivity contribution in [3.8, 4) is 0 Å². The predicted octanol–water partition coefficient (Wildman–Crippen LogP) is 0.963. The van der Waals surface area contributed by atoms with Gasteiger partial charge in [-0.1, -0.05) is 5.16 Å². The van der Waals surface area contributed by atoms with Gasteiger partial charge in [0.25, 0.3) is 0 Å². The molecule has 0 unspecified atom stereocenters. The summed E-state index contributed by atoms with van der Waals surface area (Å²) >= 11 is 0. The highest BCUT2D eigenvalue weighted by Crippen LogP contribution is 2.30. The fourth-order valence-electron chi connectivity index (χ4n) is 2.49. The Bertz CT molecular complexity index is 342. The molecular formula is C11H17N3O. The summed E-state index contributed by atoms with van der Waals surface area (Å²) in [5, 5.41) is 7.55. The van der Waals surface area contributed by atoms with Crippen molar-refractivity contribution in [2.24, 2.45) is 0 Å². The summed E-state index contributed by atoms with van der Waals surface area (Å²) in [6, 6.07) is 0. The highest BCUT2D eigenvalue weighted by molar-refractivity contribution is 5.47. The number of fused-ring (bicyclic) bond motifs is 1. The van der Waals surface area contributed by atoms with Crippen LogP contribution in [0.5, 0.6) is 0 Å². The van der Waals surface area contributed by atoms with Crippen molar-refractivity contribution in [1.82, 2.24) is 10.5 Å². The first-order chi connectivity index (χ1) is 7.45. The van der Waals surface area contributed by atoms with E-state index in [0.717, 1.165) is 44.9 Å². The van der Waals surface area contributed by atoms with Crippen LogP contribution in [0.15, 0.2) is 4.52 Å². The van der Waals surface area contributed by atoms with Gasteiger partial charge in [-0.3, -0.25) is 0 Å². The smallest absolute Gasteiger partial charge is 0.230 e. The van der Waals surface area contributed by atoms with Crippen LogP contribution in [0.1, 0.15) is 24.1 Å². The number of nitrogens with one attached hydrogen (secondary N) is 1. The second kappa shape index (κ2) is 3.85. The summed E-state index contributed by atoms with van der Waals surface area (Å²) in [6.07, 6.45) is 4.80. The van der Waals surface area contributed by atoms with Gasteiger partial charge >= 0.3 is 0 Å². The Morgan fingerprint density at radius 2 is 1.93 bits per heavy atom. The fraction of sp³-hybridized carbons (Fsp3) is 0.727. The van der Waals surface area contributed by atoms with Gasteiger partial charge in [-0.15, -0.1) is 0 Å². The molecule has 0 saturated carbocycles. The first-order valence-corrected chi connectivity index (χ1v) is 5.88. The number of rotatable bonds is 1. The van der Waals surface area contributed by atoms with Gasteiger partial charge in [-0.05, 0) is 25.7 Å². The van der Waals surface area contributed by atoms with Crippen LogP contribution in [0.2, 0.25) is 0 Å². The maximum Gasteiger partial charge on any atom is 0.230 e. The first-order valence-electron chi connectivity index (χ1n) is 5.88. The molecule has 1 aromatic heterocycles. The van der Waals surface area contributed by atoms with Crippen LogP contribution < -0.4 is 10.2 Å². The molecule has 0 radical (unpaired) electrons. The summed E-state index contributed by atoms with van der Waals surface area (Å²) in [5.41, 5.74) is 2.58. The summed E-state index contributed by atoms with van der Waals surface area (Å²) in [7, 11) is 0. The Morgan fingerprint density at radius 1 is 1.13 bits per heavy atom. The van der Waals surface area contributed by atoms with Gasteiger partial charge < -0.3 is 14.7 Å². The quantitative estimate of drug-likeness (QED) is 0.745. The minimum Gasteiger partial charge on any atom is -0.338 e. The lowest BCUT2D eigenvalue weighted by atomic mass is 9.97. The Kier molecular flexibility index (Phi) is 2.37. The second-order valence-corrected chi connectivity index (χ2v) is 4.36. The average Bonchev–Trinajstić information content (AvgIpc) is 2.74. The van der Waals surface area contributed by atoms with Crippen LogP contribution in [0, 0.1) is 0 Å². The summed E-state index contributed by atoms with van der Waals surface area (Å²) in [5.74, 6) is 1.05. The monoisotopic (exact) mass is 207 g/mol. The van der Waals surface area contributed by atoms with Crippen molar-refractivity contribution >= 4 is 5.88 Å². The molecule has 1 aliphatic heterocycles. The Hall–Kier alpha value is -1.03. The largest absolute Gasteiger partial charge is 0.338 e. The number of hydrogen-bond donors (Lipinski definition) is 1. The molecule has 1 aliphatic carbocycles. The van der Waals surface area contributed by atoms with Crippen LogP contribution in [-0.2, 0) is 12.8 Å². The van der Waals surface area contributed by atoms with E-state index in [9.17, 15) is 0 Å². The average molecular weight is 207 g/mol. The molecule has 1 N–H and O–H groups in total. The normalized spacial score (nSPS) is 21.5. The van der Waals surface area contributed by atoms with Crippen molar-refractivity contribution in [2.45, 2.75) is 25.7 Å². The van der Waals surface area contributed by atoms with E-state index < -0.39 is 0 Å². The molecule has 1 saturated heterocycles. The number of nitrogens with zero attached hydrogens (tertiary/aromatic N) is 2. The van der Waals surface area contributed by atoms with E-state index in [1.807, 2.05) is 0 Å². The van der Waals surface area contributed by atoms with Gasteiger partial charge in [0.2, 0.25) is 5.88 Å². The molecule has 2 aliphatic rings. The number of aromatic nitrogens is 1. The van der Waals surface area contributed by atoms with E-state index in [1.54, 1.807) is 0 Å². The van der Waals surface area contributed by atoms with E-state index in [0.29, 0.717) is 0 Å². The third-order valence-corrected chi connectivity index (χ3v) is 3.34. The summed E-state index contributed by atoms with van der Waals surface area (Å²) in [6.45, 7) is 4.19. The molecule has 0 aromatic carbocycles. The lowest BCUT2D eigenvalue weighted by Crippen LogP contribution is -2.43. The van der Waals surface area contributed by atoms with Gasteiger partial charge in [0.15, 0.2) is 0 Å². The van der Waals surface area contributed by atoms with Gasteiger partial charge in [-0.2, -0.15) is 0 Å². The lowest BCUT2D eigenvalue weighted by Gasteiger charge is -2.27. The number of piperazine rings is 1. The lowest BCUT2D eigenvalue weighted by molar-refractivity contribution is 0.400. The van der Waals surface area contributed by atoms with Gasteiger partial charge in [0.1, 0.15) is 0 Å². The van der Waals surface area contributed by atoms with Crippen molar-refractivity contribution in [2.75, 3.05) is 31.1 Å². The molecule has 3 rings (SSSR count). The Balaban J connectivity index is 1.87. The predicted molar refractivity (Wildman–Crippen MR) is 58.2 cm³/mol. The molecule has 2 heterocycles. The van der Waals surface area contributed by atoms with Crippen molar-refractivity contribution < 1.29 is 4.52 Å². The molecule has 4 heteroatoms. The van der Waals surface area contributed by atoms with E-state index in [4.69, 9.17) is 4.52 Å². The molecular weight excluding hydrogens is 190 g/mol. The van der Waals surface area contributed by atoms with Crippen molar-refractivity contribution in [1.29, 1.82) is 0 Å². The summed E-state index contributed by atoms with van der Waals surface area (Å²) in [4.78, 5) is 2.33. The highest BCUT2D eigenvalue weighted by atomic mass is 16.5. The van der Waals surface area contributed by atoms with E-state index in [-0.39, 0.29) is 0 Å². The molecule has 0 atom stereocenters. The maximum absolute atomic E-state index is 5.51. The van der Waals surface area contributed by atoms with Gasteiger partial charge in [0.05, 0.1) is 5.69 Å². The van der Waals surface area contributed by atoms with E-state index in [2.05, 4.69) is 15.4 Å². The molecule has 1 aromatic rings. The highest BCUT2D eigenvalue weighted by Gasteiger charge is 2.24. The molecule has 0 bridgehead atoms. The Morgan fingerprint density at radius 3 is 2.80 bits per heavy atom. The van der Waals surface area contributed by atoms with Crippen LogP contribution in [0.25, 0.3) is 0 Å². The molecule has 0 amide bonds. The van der Waals surface area contributed by atoms with Gasteiger partial charge in [-0.25, -0.2) is 0 Å². The van der Waals surface area contributed by atoms with Crippen LogP contribution in [-0.4, -0.2) is 31.3 Å².